The SMILES string of the molecule is CCc1cc(C=C=CP(Oc2ccccc2)Oc2ccccc2)cc(CC)c1. The molecule has 0 spiro atoms. The third-order valence-electron chi connectivity index (χ3n) is 4.20. The van der Waals surface area contributed by atoms with Gasteiger partial charge < -0.3 is 9.05 Å². The Morgan fingerprint density at radius 2 is 1.25 bits per heavy atom. The van der Waals surface area contributed by atoms with Crippen LogP contribution in [0.25, 0.3) is 6.08 Å². The fourth-order valence-electron chi connectivity index (χ4n) is 2.72. The molecule has 0 aliphatic rings. The number of benzene rings is 3. The molecule has 142 valence electrons. The van der Waals surface area contributed by atoms with E-state index in [2.05, 4.69) is 37.8 Å². The molecule has 3 aromatic rings. The van der Waals surface area contributed by atoms with E-state index in [9.17, 15) is 0 Å². The highest BCUT2D eigenvalue weighted by atomic mass is 31.2. The Kier molecular flexibility index (Phi) is 7.50. The van der Waals surface area contributed by atoms with E-state index in [1.54, 1.807) is 0 Å². The summed E-state index contributed by atoms with van der Waals surface area (Å²) >= 11 is 0. The first-order valence-electron chi connectivity index (χ1n) is 9.57. The molecule has 0 aliphatic heterocycles. The molecule has 3 rings (SSSR count). The molecule has 0 radical (unpaired) electrons. The predicted molar refractivity (Wildman–Crippen MR) is 119 cm³/mol. The van der Waals surface area contributed by atoms with Crippen LogP contribution in [0.2, 0.25) is 0 Å². The number of para-hydroxylation sites is 2. The lowest BCUT2D eigenvalue weighted by atomic mass is 10.0. The Balaban J connectivity index is 1.82. The second-order valence-electron chi connectivity index (χ2n) is 6.32. The average Bonchev–Trinajstić information content (AvgIpc) is 2.75. The Morgan fingerprint density at radius 3 is 1.71 bits per heavy atom. The number of hydrogen-bond acceptors (Lipinski definition) is 2. The van der Waals surface area contributed by atoms with Crippen molar-refractivity contribution in [3.63, 3.8) is 0 Å². The highest BCUT2D eigenvalue weighted by Gasteiger charge is 2.10. The Morgan fingerprint density at radius 1 is 0.750 bits per heavy atom. The second kappa shape index (κ2) is 10.5. The van der Waals surface area contributed by atoms with Crippen LogP contribution in [-0.2, 0) is 12.8 Å². The molecule has 0 aliphatic carbocycles. The van der Waals surface area contributed by atoms with E-state index in [1.807, 2.05) is 72.6 Å². The first kappa shape index (κ1) is 20.0. The molecule has 0 saturated carbocycles. The zero-order chi connectivity index (χ0) is 19.6. The van der Waals surface area contributed by atoms with Gasteiger partial charge in [0.05, 0.1) is 5.82 Å². The summed E-state index contributed by atoms with van der Waals surface area (Å²) in [6.45, 7) is 4.36. The maximum Gasteiger partial charge on any atom is 0.326 e. The molecule has 0 fully saturated rings. The molecular weight excluding hydrogens is 363 g/mol. The van der Waals surface area contributed by atoms with E-state index in [1.165, 1.54) is 11.1 Å². The Bertz CT molecular complexity index is 866. The van der Waals surface area contributed by atoms with Crippen LogP contribution in [0.5, 0.6) is 11.5 Å². The van der Waals surface area contributed by atoms with Gasteiger partial charge in [0.25, 0.3) is 0 Å². The topological polar surface area (TPSA) is 18.5 Å². The molecule has 2 nitrogen and oxygen atoms in total. The molecule has 0 unspecified atom stereocenters. The van der Waals surface area contributed by atoms with E-state index in [-0.39, 0.29) is 0 Å². The fraction of sp³-hybridized carbons (Fsp3) is 0.160. The summed E-state index contributed by atoms with van der Waals surface area (Å²) in [4.78, 5) is 0. The smallest absolute Gasteiger partial charge is 0.326 e. The molecule has 3 heteroatoms. The van der Waals surface area contributed by atoms with Crippen molar-refractivity contribution in [2.24, 2.45) is 0 Å². The highest BCUT2D eigenvalue weighted by molar-refractivity contribution is 7.51. The minimum Gasteiger partial charge on any atom is -0.435 e. The summed E-state index contributed by atoms with van der Waals surface area (Å²) in [5, 5.41) is 0. The zero-order valence-electron chi connectivity index (χ0n) is 16.3. The largest absolute Gasteiger partial charge is 0.435 e. The van der Waals surface area contributed by atoms with Gasteiger partial charge in [-0.1, -0.05) is 68.4 Å². The Labute approximate surface area is 169 Å². The zero-order valence-corrected chi connectivity index (χ0v) is 17.2. The van der Waals surface area contributed by atoms with Gasteiger partial charge in [0.1, 0.15) is 11.5 Å². The molecule has 0 N–H and O–H groups in total. The van der Waals surface area contributed by atoms with Crippen molar-refractivity contribution in [3.8, 4) is 11.5 Å². The van der Waals surface area contributed by atoms with Crippen LogP contribution in [-0.4, -0.2) is 0 Å². The van der Waals surface area contributed by atoms with Crippen molar-refractivity contribution >= 4 is 14.5 Å². The summed E-state index contributed by atoms with van der Waals surface area (Å²) in [5.41, 5.74) is 7.11. The van der Waals surface area contributed by atoms with Crippen LogP contribution in [0.1, 0.15) is 30.5 Å². The van der Waals surface area contributed by atoms with Crippen molar-refractivity contribution in [1.82, 2.24) is 0 Å². The molecule has 0 aromatic heterocycles. The fourth-order valence-corrected chi connectivity index (χ4v) is 3.72. The third-order valence-corrected chi connectivity index (χ3v) is 5.34. The van der Waals surface area contributed by atoms with Crippen molar-refractivity contribution in [2.75, 3.05) is 0 Å². The van der Waals surface area contributed by atoms with E-state index in [4.69, 9.17) is 9.05 Å². The minimum absolute atomic E-state index is 0.781. The van der Waals surface area contributed by atoms with Crippen molar-refractivity contribution < 1.29 is 9.05 Å². The van der Waals surface area contributed by atoms with Crippen LogP contribution in [0.15, 0.2) is 90.4 Å². The molecule has 0 bridgehead atoms. The maximum absolute atomic E-state index is 6.05. The monoisotopic (exact) mass is 388 g/mol. The maximum atomic E-state index is 6.05. The van der Waals surface area contributed by atoms with E-state index >= 15 is 0 Å². The van der Waals surface area contributed by atoms with E-state index in [0.717, 1.165) is 29.9 Å². The summed E-state index contributed by atoms with van der Waals surface area (Å²) in [7, 11) is -1.30. The second-order valence-corrected chi connectivity index (χ2v) is 7.52. The number of hydrogen-bond donors (Lipinski definition) is 0. The molecule has 28 heavy (non-hydrogen) atoms. The molecule has 0 heterocycles. The number of rotatable bonds is 8. The molecule has 0 saturated heterocycles. The summed E-state index contributed by atoms with van der Waals surface area (Å²) in [6.07, 6.45) is 4.05. The predicted octanol–water partition coefficient (Wildman–Crippen LogP) is 7.41. The van der Waals surface area contributed by atoms with Gasteiger partial charge >= 0.3 is 8.38 Å². The lowest BCUT2D eigenvalue weighted by molar-refractivity contribution is 0.501. The van der Waals surface area contributed by atoms with Crippen molar-refractivity contribution in [1.29, 1.82) is 0 Å². The van der Waals surface area contributed by atoms with Gasteiger partial charge in [-0.15, -0.1) is 5.73 Å². The molecular formula is C25H25O2P. The average molecular weight is 388 g/mol. The van der Waals surface area contributed by atoms with E-state index < -0.39 is 8.38 Å². The van der Waals surface area contributed by atoms with Crippen LogP contribution < -0.4 is 9.05 Å². The van der Waals surface area contributed by atoms with Gasteiger partial charge in [-0.05, 0) is 59.9 Å². The van der Waals surface area contributed by atoms with Gasteiger partial charge in [0.15, 0.2) is 0 Å². The Hall–Kier alpha value is -2.79. The van der Waals surface area contributed by atoms with Crippen LogP contribution in [0.3, 0.4) is 0 Å². The lowest BCUT2D eigenvalue weighted by Crippen LogP contribution is -1.92. The van der Waals surface area contributed by atoms with Crippen LogP contribution in [0.4, 0.5) is 0 Å². The standard InChI is InChI=1S/C25H25O2P/c1-3-21-18-22(4-2)20-23(19-21)12-11-17-28(26-24-13-7-5-8-14-24)27-25-15-9-6-10-16-25/h5-10,12-20H,3-4H2,1-2H3. The molecule has 3 aromatic carbocycles. The first-order chi connectivity index (χ1) is 13.8. The van der Waals surface area contributed by atoms with Gasteiger partial charge in [-0.3, -0.25) is 0 Å². The molecule has 0 amide bonds. The van der Waals surface area contributed by atoms with Gasteiger partial charge in [-0.25, -0.2) is 0 Å². The van der Waals surface area contributed by atoms with E-state index in [0.29, 0.717) is 0 Å². The van der Waals surface area contributed by atoms with Crippen molar-refractivity contribution in [2.45, 2.75) is 26.7 Å². The summed E-state index contributed by atoms with van der Waals surface area (Å²) < 4.78 is 12.1. The third kappa shape index (κ3) is 6.13. The van der Waals surface area contributed by atoms with Gasteiger partial charge in [0, 0.05) is 0 Å². The van der Waals surface area contributed by atoms with Gasteiger partial charge in [0.2, 0.25) is 0 Å². The summed E-state index contributed by atoms with van der Waals surface area (Å²) in [5.74, 6) is 3.44. The van der Waals surface area contributed by atoms with Crippen LogP contribution in [0, 0.1) is 0 Å². The highest BCUT2D eigenvalue weighted by Crippen LogP contribution is 2.41. The normalized spacial score (nSPS) is 10.2. The quantitative estimate of drug-likeness (QED) is 0.295. The first-order valence-corrected chi connectivity index (χ1v) is 10.8. The molecule has 0 atom stereocenters. The summed E-state index contributed by atoms with van der Waals surface area (Å²) in [6, 6.07) is 26.1. The lowest BCUT2D eigenvalue weighted by Gasteiger charge is -2.14. The van der Waals surface area contributed by atoms with Crippen LogP contribution >= 0.6 is 8.38 Å². The number of aryl methyl sites for hydroxylation is 2. The van der Waals surface area contributed by atoms with Crippen molar-refractivity contribution in [3.05, 3.63) is 107 Å². The van der Waals surface area contributed by atoms with Gasteiger partial charge in [-0.2, -0.15) is 0 Å². The minimum atomic E-state index is -1.30.